The zero-order valence-corrected chi connectivity index (χ0v) is 72.3. The maximum absolute atomic E-state index is 12.5. The number of benzene rings is 4. The van der Waals surface area contributed by atoms with Gasteiger partial charge in [-0.2, -0.15) is 0 Å². The third kappa shape index (κ3) is 28.3. The van der Waals surface area contributed by atoms with Crippen molar-refractivity contribution in [3.8, 4) is 0 Å². The van der Waals surface area contributed by atoms with Gasteiger partial charge in [0, 0.05) is 98.0 Å². The minimum Gasteiger partial charge on any atom is -0.477 e. The first-order valence-electron chi connectivity index (χ1n) is 42.1. The van der Waals surface area contributed by atoms with Crippen LogP contribution in [0.4, 0.5) is 22.7 Å². The molecule has 4 amide bonds. The van der Waals surface area contributed by atoms with Crippen LogP contribution >= 0.6 is 45.3 Å². The van der Waals surface area contributed by atoms with Crippen molar-refractivity contribution in [3.05, 3.63) is 207 Å². The molecule has 0 bridgehead atoms. The topological polar surface area (TPSA) is 333 Å². The number of aryl methyl sites for hydroxylation is 1. The number of aliphatic hydroxyl groups excluding tert-OH is 2. The Balaban J connectivity index is 0.000000182. The number of carbonyl (C=O) groups excluding carboxylic acids is 6. The molecule has 27 heteroatoms. The molecule has 120 heavy (non-hydrogen) atoms. The van der Waals surface area contributed by atoms with Crippen LogP contribution in [0.25, 0.3) is 0 Å². The Bertz CT molecular complexity index is 4340. The van der Waals surface area contributed by atoms with Crippen LogP contribution in [0.1, 0.15) is 297 Å². The predicted molar refractivity (Wildman–Crippen MR) is 470 cm³/mol. The van der Waals surface area contributed by atoms with E-state index in [1.165, 1.54) is 45.3 Å². The average Bonchev–Trinajstić information content (AvgIpc) is 1.87. The molecule has 23 nitrogen and oxygen atoms in total. The van der Waals surface area contributed by atoms with Crippen molar-refractivity contribution in [2.45, 2.75) is 257 Å². The fourth-order valence-electron chi connectivity index (χ4n) is 15.1. The molecule has 0 radical (unpaired) electrons. The number of amides is 4. The highest BCUT2D eigenvalue weighted by Crippen LogP contribution is 2.36. The second-order valence-electron chi connectivity index (χ2n) is 30.6. The van der Waals surface area contributed by atoms with Crippen LogP contribution in [0, 0.1) is 0 Å². The minimum atomic E-state index is -0.939. The first kappa shape index (κ1) is 94.4. The van der Waals surface area contributed by atoms with E-state index >= 15 is 0 Å². The van der Waals surface area contributed by atoms with E-state index in [1.807, 2.05) is 95.9 Å². The molecule has 4 fully saturated rings. The standard InChI is InChI=1S/C24H29NO4S.2C23H29NO5S.C23H27NO5S/c1-2-3-4-8-21(26)17-9-11-19(12-10-17)25-18(13-16-23(25)27)6-5-7-20-14-15-22(30-20)24(28)29;3*1-2-3-4-5-20(25)16-6-8-17(9-7-16)24-18(10-13-22(24)26)14-29-15-19-11-12-21(30-19)23(27)28/h9-12,14-15,18H,2-8,13,16H2,1H3,(H,28,29);2*6-9,11-12,18,20,25H,2-5,10,13-15H2,1H3,(H,27,28);6-9,11-12,18H,2-5,10,13-15H2,1H3,(H,27,28)/t18-;2*18-,20?;18-/m1000/s1. The Hall–Kier alpha value is -9.42. The van der Waals surface area contributed by atoms with Crippen LogP contribution in [-0.2, 0) is 59.6 Å². The third-order valence-corrected chi connectivity index (χ3v) is 25.9. The molecule has 6 N–H and O–H groups in total. The number of carboxylic acids is 4. The van der Waals surface area contributed by atoms with E-state index in [0.717, 1.165) is 182 Å². The number of rotatable bonds is 44. The number of aliphatic hydroxyl groups is 2. The summed E-state index contributed by atoms with van der Waals surface area (Å²) in [6.07, 6.45) is 21.9. The van der Waals surface area contributed by atoms with Crippen molar-refractivity contribution >= 4 is 127 Å². The minimum absolute atomic E-state index is 0.0447. The van der Waals surface area contributed by atoms with Gasteiger partial charge in [0.25, 0.3) is 0 Å². The number of unbranched alkanes of at least 4 members (excludes halogenated alkanes) is 8. The molecule has 6 atom stereocenters. The molecule has 12 rings (SSSR count). The van der Waals surface area contributed by atoms with Crippen molar-refractivity contribution < 1.29 is 92.8 Å². The molecule has 644 valence electrons. The molecule has 0 aliphatic carbocycles. The van der Waals surface area contributed by atoms with Gasteiger partial charge < -0.3 is 64.4 Å². The summed E-state index contributed by atoms with van der Waals surface area (Å²) in [7, 11) is 0. The summed E-state index contributed by atoms with van der Waals surface area (Å²) in [5, 5.41) is 56.7. The Kier molecular flexibility index (Phi) is 38.5. The summed E-state index contributed by atoms with van der Waals surface area (Å²) in [5.41, 5.74) is 6.42. The smallest absolute Gasteiger partial charge is 0.345 e. The number of aromatic carboxylic acids is 4. The number of hydrogen-bond acceptors (Lipinski definition) is 19. The van der Waals surface area contributed by atoms with E-state index in [9.17, 15) is 58.2 Å². The van der Waals surface area contributed by atoms with Gasteiger partial charge in [0.05, 0.1) is 70.0 Å². The number of ether oxygens (including phenoxy) is 3. The Morgan fingerprint density at radius 3 is 0.925 bits per heavy atom. The lowest BCUT2D eigenvalue weighted by Crippen LogP contribution is -2.36. The maximum atomic E-state index is 12.5. The van der Waals surface area contributed by atoms with Crippen LogP contribution in [0.2, 0.25) is 0 Å². The lowest BCUT2D eigenvalue weighted by Gasteiger charge is -2.25. The molecule has 4 aromatic carbocycles. The van der Waals surface area contributed by atoms with Gasteiger partial charge in [0.2, 0.25) is 23.6 Å². The summed E-state index contributed by atoms with van der Waals surface area (Å²) in [6, 6.07) is 43.4. The molecule has 0 spiro atoms. The quantitative estimate of drug-likeness (QED) is 0.0153. The fraction of sp³-hybridized carbons (Fsp3) is 0.462. The predicted octanol–water partition coefficient (Wildman–Crippen LogP) is 20.2. The zero-order valence-electron chi connectivity index (χ0n) is 69.1. The highest BCUT2D eigenvalue weighted by molar-refractivity contribution is 7.14. The van der Waals surface area contributed by atoms with Gasteiger partial charge in [-0.3, -0.25) is 28.8 Å². The summed E-state index contributed by atoms with van der Waals surface area (Å²) in [6.45, 7) is 10.7. The molecule has 4 saturated heterocycles. The monoisotopic (exact) mass is 1720 g/mol. The summed E-state index contributed by atoms with van der Waals surface area (Å²) in [5.74, 6) is -3.06. The lowest BCUT2D eigenvalue weighted by atomic mass is 10.0. The molecule has 4 aromatic heterocycles. The van der Waals surface area contributed by atoms with Crippen LogP contribution in [-0.4, -0.2) is 134 Å². The highest BCUT2D eigenvalue weighted by atomic mass is 32.1. The number of hydrogen-bond donors (Lipinski definition) is 6. The second-order valence-corrected chi connectivity index (χ2v) is 35.3. The first-order chi connectivity index (χ1) is 58.0. The van der Waals surface area contributed by atoms with Gasteiger partial charge in [0.15, 0.2) is 11.6 Å². The number of anilines is 4. The van der Waals surface area contributed by atoms with E-state index in [2.05, 4.69) is 27.7 Å². The third-order valence-electron chi connectivity index (χ3n) is 21.6. The number of thiophene rings is 4. The van der Waals surface area contributed by atoms with Crippen LogP contribution in [0.3, 0.4) is 0 Å². The van der Waals surface area contributed by atoms with Crippen molar-refractivity contribution in [1.29, 1.82) is 0 Å². The number of carbonyl (C=O) groups is 10. The first-order valence-corrected chi connectivity index (χ1v) is 45.4. The number of carboxylic acid groups (broad SMARTS) is 4. The SMILES string of the molecule is CCCCCC(=O)c1ccc(N2C(=O)CC[C@H]2CCCc2ccc(C(=O)O)s2)cc1.CCCCCC(=O)c1ccc(N2C(=O)CC[C@H]2COCc2ccc(C(=O)O)s2)cc1.CCCCCC(O)c1ccc(N2C(=O)CC[C@H]2COCc2ccc(C(=O)O)s2)cc1.CCCCCC(O)c1ccc(N2C(=O)CC[C@H]2COCc2ccc(C(=O)O)s2)cc1. The zero-order chi connectivity index (χ0) is 86.0. The van der Waals surface area contributed by atoms with Crippen LogP contribution in [0.15, 0.2) is 146 Å². The molecule has 0 saturated carbocycles. The van der Waals surface area contributed by atoms with Crippen molar-refractivity contribution in [1.82, 2.24) is 0 Å². The number of Topliss-reactive ketones (excluding diaryl/α,β-unsaturated/α-hetero) is 2. The van der Waals surface area contributed by atoms with Gasteiger partial charge in [0.1, 0.15) is 19.5 Å². The van der Waals surface area contributed by atoms with Gasteiger partial charge in [-0.25, -0.2) is 19.2 Å². The fourth-order valence-corrected chi connectivity index (χ4v) is 18.3. The largest absolute Gasteiger partial charge is 0.477 e. The van der Waals surface area contributed by atoms with Gasteiger partial charge in [-0.15, -0.1) is 45.3 Å². The van der Waals surface area contributed by atoms with Crippen LogP contribution < -0.4 is 19.6 Å². The van der Waals surface area contributed by atoms with Crippen LogP contribution in [0.5, 0.6) is 0 Å². The Labute approximate surface area is 718 Å². The molecule has 8 aromatic rings. The number of nitrogens with zero attached hydrogens (tertiary/aromatic N) is 4. The maximum Gasteiger partial charge on any atom is 0.345 e. The summed E-state index contributed by atoms with van der Waals surface area (Å²) >= 11 is 4.92. The highest BCUT2D eigenvalue weighted by Gasteiger charge is 2.36. The van der Waals surface area contributed by atoms with Gasteiger partial charge >= 0.3 is 23.9 Å². The lowest BCUT2D eigenvalue weighted by molar-refractivity contribution is -0.118. The number of ketones is 2. The normalized spacial score (nSPS) is 16.9. The Morgan fingerprint density at radius 2 is 0.625 bits per heavy atom. The summed E-state index contributed by atoms with van der Waals surface area (Å²) in [4.78, 5) is 130. The summed E-state index contributed by atoms with van der Waals surface area (Å²) < 4.78 is 17.4. The van der Waals surface area contributed by atoms with Crippen molar-refractivity contribution in [3.63, 3.8) is 0 Å². The molecule has 4 aliphatic rings. The average molecular weight is 1720 g/mol. The van der Waals surface area contributed by atoms with Crippen molar-refractivity contribution in [2.75, 3.05) is 39.4 Å². The second kappa shape index (κ2) is 48.9. The van der Waals surface area contributed by atoms with E-state index in [4.69, 9.17) is 34.6 Å². The van der Waals surface area contributed by atoms with E-state index < -0.39 is 36.1 Å². The Morgan fingerprint density at radius 1 is 0.350 bits per heavy atom. The molecule has 2 unspecified atom stereocenters. The van der Waals surface area contributed by atoms with Gasteiger partial charge in [-0.05, 0) is 203 Å². The van der Waals surface area contributed by atoms with E-state index in [1.54, 1.807) is 69.3 Å². The molecule has 4 aliphatic heterocycles. The van der Waals surface area contributed by atoms with Gasteiger partial charge in [-0.1, -0.05) is 116 Å². The molecule has 8 heterocycles. The van der Waals surface area contributed by atoms with E-state index in [-0.39, 0.29) is 64.2 Å². The van der Waals surface area contributed by atoms with E-state index in [0.29, 0.717) is 110 Å². The molecular weight excluding hydrogens is 1610 g/mol. The van der Waals surface area contributed by atoms with Crippen molar-refractivity contribution in [2.24, 2.45) is 0 Å². The molecular formula is C93H114N4O19S4.